The smallest absolute Gasteiger partial charge is 0.326 e. The normalized spacial score (nSPS) is 29.7. The van der Waals surface area contributed by atoms with E-state index in [0.717, 1.165) is 0 Å². The third-order valence-electron chi connectivity index (χ3n) is 5.83. The Morgan fingerprint density at radius 2 is 2.00 bits per heavy atom. The van der Waals surface area contributed by atoms with Crippen LogP contribution in [0.1, 0.15) is 52.4 Å². The molecular formula is C18H27N3O5. The summed E-state index contributed by atoms with van der Waals surface area (Å²) in [5.41, 5.74) is -0.935. The van der Waals surface area contributed by atoms with E-state index in [9.17, 15) is 24.3 Å². The largest absolute Gasteiger partial charge is 0.480 e. The Morgan fingerprint density at radius 3 is 2.58 bits per heavy atom. The summed E-state index contributed by atoms with van der Waals surface area (Å²) in [4.78, 5) is 52.4. The third-order valence-corrected chi connectivity index (χ3v) is 5.83. The first kappa shape index (κ1) is 18.7. The van der Waals surface area contributed by atoms with E-state index in [0.29, 0.717) is 51.6 Å². The molecule has 8 heteroatoms. The van der Waals surface area contributed by atoms with Crippen molar-refractivity contribution in [3.63, 3.8) is 0 Å². The number of nitrogens with one attached hydrogen (secondary N) is 1. The Kier molecular flexibility index (Phi) is 4.94. The van der Waals surface area contributed by atoms with Crippen molar-refractivity contribution in [1.82, 2.24) is 15.1 Å². The van der Waals surface area contributed by atoms with Gasteiger partial charge in [-0.15, -0.1) is 0 Å². The second kappa shape index (κ2) is 6.89. The highest BCUT2D eigenvalue weighted by molar-refractivity contribution is 5.98. The molecule has 26 heavy (non-hydrogen) atoms. The second-order valence-electron chi connectivity index (χ2n) is 8.02. The van der Waals surface area contributed by atoms with Gasteiger partial charge in [-0.25, -0.2) is 4.79 Å². The van der Waals surface area contributed by atoms with Gasteiger partial charge in [0.25, 0.3) is 0 Å². The zero-order valence-electron chi connectivity index (χ0n) is 15.4. The van der Waals surface area contributed by atoms with Gasteiger partial charge >= 0.3 is 5.97 Å². The standard InChI is InChI=1S/C18H27N3O5/c1-11(2)10-13(16(24)25)20-9-7-18(17(20)26)6-3-8-21(18)15(23)12-4-5-14(22)19-12/h11-13H,3-10H2,1-2H3,(H,19,22)(H,24,25)/t12?,13-,18-/m0/s1. The van der Waals surface area contributed by atoms with Crippen molar-refractivity contribution in [3.05, 3.63) is 0 Å². The number of carboxylic acids is 1. The second-order valence-corrected chi connectivity index (χ2v) is 8.02. The molecule has 1 spiro atoms. The fourth-order valence-electron chi connectivity index (χ4n) is 4.56. The number of hydrogen-bond acceptors (Lipinski definition) is 4. The maximum Gasteiger partial charge on any atom is 0.326 e. The SMILES string of the molecule is CC(C)C[C@@H](C(=O)O)N1CC[C@@]2(CCCN2C(=O)C2CCC(=O)N2)C1=O. The summed E-state index contributed by atoms with van der Waals surface area (Å²) in [6.07, 6.45) is 2.90. The van der Waals surface area contributed by atoms with Crippen molar-refractivity contribution >= 4 is 23.7 Å². The predicted octanol–water partition coefficient (Wildman–Crippen LogP) is 0.358. The van der Waals surface area contributed by atoms with Gasteiger partial charge in [0, 0.05) is 19.5 Å². The number of likely N-dealkylation sites (tertiary alicyclic amines) is 2. The van der Waals surface area contributed by atoms with Gasteiger partial charge in [0.05, 0.1) is 0 Å². The van der Waals surface area contributed by atoms with E-state index in [1.165, 1.54) is 4.90 Å². The molecular weight excluding hydrogens is 338 g/mol. The molecule has 8 nitrogen and oxygen atoms in total. The first-order valence-corrected chi connectivity index (χ1v) is 9.41. The molecule has 0 aromatic heterocycles. The maximum absolute atomic E-state index is 13.2. The highest BCUT2D eigenvalue weighted by Crippen LogP contribution is 2.40. The molecule has 1 unspecified atom stereocenters. The molecule has 144 valence electrons. The maximum atomic E-state index is 13.2. The van der Waals surface area contributed by atoms with Crippen LogP contribution in [-0.2, 0) is 19.2 Å². The molecule has 0 bridgehead atoms. The van der Waals surface area contributed by atoms with Crippen LogP contribution in [0, 0.1) is 5.92 Å². The summed E-state index contributed by atoms with van der Waals surface area (Å²) < 4.78 is 0. The molecule has 3 amide bonds. The van der Waals surface area contributed by atoms with Crippen LogP contribution in [0.25, 0.3) is 0 Å². The van der Waals surface area contributed by atoms with Gasteiger partial charge in [-0.05, 0) is 38.0 Å². The average Bonchev–Trinajstić information content (AvgIpc) is 3.26. The molecule has 0 saturated carbocycles. The number of hydrogen-bond donors (Lipinski definition) is 2. The molecule has 3 saturated heterocycles. The number of carbonyl (C=O) groups is 4. The van der Waals surface area contributed by atoms with Crippen LogP contribution in [0.5, 0.6) is 0 Å². The zero-order chi connectivity index (χ0) is 19.1. The van der Waals surface area contributed by atoms with E-state index in [-0.39, 0.29) is 23.6 Å². The van der Waals surface area contributed by atoms with Gasteiger partial charge in [-0.3, -0.25) is 14.4 Å². The summed E-state index contributed by atoms with van der Waals surface area (Å²) in [7, 11) is 0. The monoisotopic (exact) mass is 365 g/mol. The molecule has 3 aliphatic heterocycles. The topological polar surface area (TPSA) is 107 Å². The molecule has 3 rings (SSSR count). The molecule has 2 N–H and O–H groups in total. The minimum atomic E-state index is -0.997. The van der Waals surface area contributed by atoms with Gasteiger partial charge in [0.2, 0.25) is 17.7 Å². The van der Waals surface area contributed by atoms with Gasteiger partial charge in [0.1, 0.15) is 17.6 Å². The highest BCUT2D eigenvalue weighted by Gasteiger charge is 2.57. The summed E-state index contributed by atoms with van der Waals surface area (Å²) in [5.74, 6) is -1.45. The minimum absolute atomic E-state index is 0.140. The van der Waals surface area contributed by atoms with Gasteiger partial charge in [0.15, 0.2) is 0 Å². The first-order chi connectivity index (χ1) is 12.3. The minimum Gasteiger partial charge on any atom is -0.480 e. The Hall–Kier alpha value is -2.12. The van der Waals surface area contributed by atoms with Crippen LogP contribution >= 0.6 is 0 Å². The lowest BCUT2D eigenvalue weighted by Gasteiger charge is -2.36. The lowest BCUT2D eigenvalue weighted by molar-refractivity contribution is -0.154. The number of carboxylic acid groups (broad SMARTS) is 1. The van der Waals surface area contributed by atoms with Crippen molar-refractivity contribution < 1.29 is 24.3 Å². The van der Waals surface area contributed by atoms with Gasteiger partial charge < -0.3 is 20.2 Å². The van der Waals surface area contributed by atoms with Crippen molar-refractivity contribution in [2.24, 2.45) is 5.92 Å². The van der Waals surface area contributed by atoms with E-state index in [4.69, 9.17) is 0 Å². The summed E-state index contributed by atoms with van der Waals surface area (Å²) in [5, 5.41) is 12.3. The number of carbonyl (C=O) groups excluding carboxylic acids is 3. The van der Waals surface area contributed by atoms with Crippen molar-refractivity contribution in [3.8, 4) is 0 Å². The molecule has 0 radical (unpaired) electrons. The highest BCUT2D eigenvalue weighted by atomic mass is 16.4. The molecule has 3 heterocycles. The summed E-state index contributed by atoms with van der Waals surface area (Å²) in [6.45, 7) is 4.69. The molecule has 0 aromatic rings. The summed E-state index contributed by atoms with van der Waals surface area (Å²) >= 11 is 0. The number of nitrogens with zero attached hydrogens (tertiary/aromatic N) is 2. The van der Waals surface area contributed by atoms with E-state index in [1.54, 1.807) is 4.90 Å². The fourth-order valence-corrected chi connectivity index (χ4v) is 4.56. The van der Waals surface area contributed by atoms with Crippen LogP contribution < -0.4 is 5.32 Å². The summed E-state index contributed by atoms with van der Waals surface area (Å²) in [6, 6.07) is -1.42. The van der Waals surface area contributed by atoms with Crippen molar-refractivity contribution in [2.45, 2.75) is 70.0 Å². The molecule has 3 aliphatic rings. The number of rotatable bonds is 5. The van der Waals surface area contributed by atoms with E-state index in [1.807, 2.05) is 13.8 Å². The Morgan fingerprint density at radius 1 is 1.27 bits per heavy atom. The van der Waals surface area contributed by atoms with Crippen LogP contribution in [-0.4, -0.2) is 69.3 Å². The molecule has 3 atom stereocenters. The molecule has 0 aliphatic carbocycles. The van der Waals surface area contributed by atoms with Crippen LogP contribution in [0.4, 0.5) is 0 Å². The quantitative estimate of drug-likeness (QED) is 0.731. The van der Waals surface area contributed by atoms with Crippen LogP contribution in [0.3, 0.4) is 0 Å². The van der Waals surface area contributed by atoms with Gasteiger partial charge in [-0.2, -0.15) is 0 Å². The third kappa shape index (κ3) is 3.05. The Balaban J connectivity index is 1.80. The molecule has 0 aromatic carbocycles. The lowest BCUT2D eigenvalue weighted by Crippen LogP contribution is -2.58. The molecule has 3 fully saturated rings. The predicted molar refractivity (Wildman–Crippen MR) is 92.1 cm³/mol. The van der Waals surface area contributed by atoms with Crippen LogP contribution in [0.2, 0.25) is 0 Å². The first-order valence-electron chi connectivity index (χ1n) is 9.41. The van der Waals surface area contributed by atoms with E-state index in [2.05, 4.69) is 5.32 Å². The lowest BCUT2D eigenvalue weighted by atomic mass is 9.93. The van der Waals surface area contributed by atoms with Crippen molar-refractivity contribution in [1.29, 1.82) is 0 Å². The Labute approximate surface area is 152 Å². The fraction of sp³-hybridized carbons (Fsp3) is 0.778. The Bertz CT molecular complexity index is 634. The van der Waals surface area contributed by atoms with Crippen LogP contribution in [0.15, 0.2) is 0 Å². The van der Waals surface area contributed by atoms with E-state index >= 15 is 0 Å². The average molecular weight is 365 g/mol. The van der Waals surface area contributed by atoms with Crippen molar-refractivity contribution in [2.75, 3.05) is 13.1 Å². The number of aliphatic carboxylic acids is 1. The zero-order valence-corrected chi connectivity index (χ0v) is 15.4. The number of amides is 3. The van der Waals surface area contributed by atoms with Gasteiger partial charge in [-0.1, -0.05) is 13.8 Å². The van der Waals surface area contributed by atoms with E-state index < -0.39 is 23.6 Å².